The van der Waals surface area contributed by atoms with Crippen LogP contribution in [0.4, 0.5) is 17.3 Å². The predicted octanol–water partition coefficient (Wildman–Crippen LogP) is 2.45. The molecule has 56 heavy (non-hydrogen) atoms. The SMILES string of the molecule is C=CCn1c(=O)c2cnc(Nc3ccc(N4CCN(C5=CCCC(C(=O)N(C)C6CCC(=O)NC6=O)=C5C=O)CC4)cc3)nc2n1-c1ccc2c(n1)C(O)CC2. The lowest BCUT2D eigenvalue weighted by Crippen LogP contribution is -2.53. The van der Waals surface area contributed by atoms with Crippen LogP contribution in [0.25, 0.3) is 16.9 Å². The van der Waals surface area contributed by atoms with E-state index in [9.17, 15) is 29.1 Å². The molecule has 3 N–H and O–H groups in total. The Hall–Kier alpha value is -6.42. The number of hydrogen-bond donors (Lipinski definition) is 3. The number of amides is 3. The molecule has 3 aromatic heterocycles. The highest BCUT2D eigenvalue weighted by Gasteiger charge is 2.35. The van der Waals surface area contributed by atoms with E-state index < -0.39 is 18.1 Å². The van der Waals surface area contributed by atoms with E-state index in [1.165, 1.54) is 15.8 Å². The van der Waals surface area contributed by atoms with Gasteiger partial charge in [-0.1, -0.05) is 18.2 Å². The Kier molecular flexibility index (Phi) is 9.80. The van der Waals surface area contributed by atoms with Gasteiger partial charge in [-0.2, -0.15) is 4.98 Å². The number of imide groups is 1. The molecule has 2 fully saturated rings. The normalized spacial score (nSPS) is 19.8. The largest absolute Gasteiger partial charge is 0.387 e. The topological polar surface area (TPSA) is 188 Å². The number of fused-ring (bicyclic) bond motifs is 2. The number of piperazine rings is 1. The average molecular weight is 759 g/mol. The van der Waals surface area contributed by atoms with E-state index in [0.29, 0.717) is 85.1 Å². The second-order valence-corrected chi connectivity index (χ2v) is 14.4. The summed E-state index contributed by atoms with van der Waals surface area (Å²) in [6.45, 7) is 6.67. The number of aryl methyl sites for hydroxylation is 1. The molecule has 16 nitrogen and oxygen atoms in total. The van der Waals surface area contributed by atoms with Gasteiger partial charge in [0.05, 0.1) is 18.3 Å². The van der Waals surface area contributed by atoms with E-state index in [2.05, 4.69) is 32.0 Å². The number of aliphatic hydroxyl groups is 1. The lowest BCUT2D eigenvalue weighted by molar-refractivity contribution is -0.142. The van der Waals surface area contributed by atoms with E-state index in [-0.39, 0.29) is 36.8 Å². The van der Waals surface area contributed by atoms with Gasteiger partial charge in [0.2, 0.25) is 17.8 Å². The highest BCUT2D eigenvalue weighted by molar-refractivity contribution is 6.06. The van der Waals surface area contributed by atoms with Crippen molar-refractivity contribution in [3.8, 4) is 5.82 Å². The van der Waals surface area contributed by atoms with Crippen LogP contribution in [0.3, 0.4) is 0 Å². The Bertz CT molecular complexity index is 2390. The van der Waals surface area contributed by atoms with Crippen LogP contribution in [0.15, 0.2) is 83.0 Å². The maximum atomic E-state index is 13.6. The number of hydrogen-bond acceptors (Lipinski definition) is 12. The highest BCUT2D eigenvalue weighted by atomic mass is 16.3. The van der Waals surface area contributed by atoms with Gasteiger partial charge in [0, 0.05) is 74.1 Å². The Morgan fingerprint density at radius 1 is 1.02 bits per heavy atom. The van der Waals surface area contributed by atoms with Crippen molar-refractivity contribution in [3.05, 3.63) is 99.8 Å². The number of likely N-dealkylation sites (N-methyl/N-ethyl adjacent to an activating group) is 1. The average Bonchev–Trinajstić information content (AvgIpc) is 3.72. The Labute approximate surface area is 321 Å². The maximum absolute atomic E-state index is 13.6. The number of aldehydes is 1. The monoisotopic (exact) mass is 758 g/mol. The van der Waals surface area contributed by atoms with Crippen molar-refractivity contribution in [3.63, 3.8) is 0 Å². The lowest BCUT2D eigenvalue weighted by atomic mass is 9.92. The first-order valence-corrected chi connectivity index (χ1v) is 18.8. The van der Waals surface area contributed by atoms with Crippen molar-refractivity contribution >= 4 is 52.4 Å². The van der Waals surface area contributed by atoms with Crippen molar-refractivity contribution in [2.75, 3.05) is 43.4 Å². The summed E-state index contributed by atoms with van der Waals surface area (Å²) in [5.41, 5.74) is 4.93. The number of aromatic nitrogens is 5. The van der Waals surface area contributed by atoms with Crippen molar-refractivity contribution in [2.24, 2.45) is 0 Å². The fourth-order valence-electron chi connectivity index (χ4n) is 8.05. The molecule has 1 aromatic carbocycles. The van der Waals surface area contributed by atoms with Crippen LogP contribution in [0.1, 0.15) is 49.5 Å². The second kappa shape index (κ2) is 15.0. The highest BCUT2D eigenvalue weighted by Crippen LogP contribution is 2.32. The molecule has 8 rings (SSSR count). The van der Waals surface area contributed by atoms with Crippen molar-refractivity contribution < 1.29 is 24.3 Å². The minimum Gasteiger partial charge on any atom is -0.387 e. The first-order chi connectivity index (χ1) is 27.1. The summed E-state index contributed by atoms with van der Waals surface area (Å²) >= 11 is 0. The molecule has 288 valence electrons. The first kappa shape index (κ1) is 36.6. The minimum atomic E-state index is -0.764. The molecule has 2 atom stereocenters. The van der Waals surface area contributed by atoms with Crippen LogP contribution in [0.2, 0.25) is 0 Å². The van der Waals surface area contributed by atoms with Crippen LogP contribution in [-0.2, 0) is 32.1 Å². The van der Waals surface area contributed by atoms with Crippen molar-refractivity contribution in [1.29, 1.82) is 0 Å². The lowest BCUT2D eigenvalue weighted by Gasteiger charge is -2.40. The second-order valence-electron chi connectivity index (χ2n) is 14.4. The summed E-state index contributed by atoms with van der Waals surface area (Å²) in [5, 5.41) is 16.4. The zero-order chi connectivity index (χ0) is 39.1. The first-order valence-electron chi connectivity index (χ1n) is 18.8. The number of nitrogens with one attached hydrogen (secondary N) is 2. The van der Waals surface area contributed by atoms with Gasteiger partial charge in [0.15, 0.2) is 17.8 Å². The molecule has 3 amide bonds. The van der Waals surface area contributed by atoms with Crippen LogP contribution in [0, 0.1) is 0 Å². The van der Waals surface area contributed by atoms with E-state index in [4.69, 9.17) is 9.97 Å². The van der Waals surface area contributed by atoms with Gasteiger partial charge >= 0.3 is 0 Å². The van der Waals surface area contributed by atoms with Gasteiger partial charge in [-0.25, -0.2) is 19.3 Å². The molecule has 0 spiro atoms. The summed E-state index contributed by atoms with van der Waals surface area (Å²) < 4.78 is 3.15. The number of allylic oxidation sites excluding steroid dienone is 3. The van der Waals surface area contributed by atoms with Gasteiger partial charge in [-0.15, -0.1) is 6.58 Å². The molecule has 2 aliphatic heterocycles. The number of carbonyl (C=O) groups excluding carboxylic acids is 4. The minimum absolute atomic E-state index is 0.158. The summed E-state index contributed by atoms with van der Waals surface area (Å²) in [7, 11) is 1.54. The van der Waals surface area contributed by atoms with E-state index in [1.54, 1.807) is 17.8 Å². The molecule has 2 unspecified atom stereocenters. The Morgan fingerprint density at radius 3 is 2.52 bits per heavy atom. The number of rotatable bonds is 10. The molecule has 0 radical (unpaired) electrons. The third-order valence-corrected chi connectivity index (χ3v) is 11.0. The van der Waals surface area contributed by atoms with Crippen molar-refractivity contribution in [2.45, 2.75) is 57.2 Å². The van der Waals surface area contributed by atoms with Crippen LogP contribution >= 0.6 is 0 Å². The summed E-state index contributed by atoms with van der Waals surface area (Å²) in [4.78, 5) is 83.1. The van der Waals surface area contributed by atoms with Gasteiger partial charge in [-0.05, 0) is 68.0 Å². The van der Waals surface area contributed by atoms with Crippen LogP contribution < -0.4 is 21.1 Å². The molecule has 5 heterocycles. The fraction of sp³-hybridized carbons (Fsp3) is 0.350. The Balaban J connectivity index is 0.949. The third kappa shape index (κ3) is 6.65. The molecule has 2 saturated heterocycles. The molecular formula is C40H42N10O6. The van der Waals surface area contributed by atoms with Crippen LogP contribution in [-0.4, -0.2) is 102 Å². The number of piperidine rings is 1. The van der Waals surface area contributed by atoms with Gasteiger partial charge in [0.1, 0.15) is 11.4 Å². The third-order valence-electron chi connectivity index (χ3n) is 11.0. The summed E-state index contributed by atoms with van der Waals surface area (Å²) in [6.07, 6.45) is 7.97. The van der Waals surface area contributed by atoms with Gasteiger partial charge in [0.25, 0.3) is 11.5 Å². The number of aliphatic hydroxyl groups excluding tert-OH is 1. The molecular weight excluding hydrogens is 717 g/mol. The maximum Gasteiger partial charge on any atom is 0.278 e. The van der Waals surface area contributed by atoms with Crippen molar-refractivity contribution in [1.82, 2.24) is 39.4 Å². The van der Waals surface area contributed by atoms with E-state index >= 15 is 0 Å². The number of nitrogens with zero attached hydrogens (tertiary/aromatic N) is 8. The number of carbonyl (C=O) groups is 4. The van der Waals surface area contributed by atoms with E-state index in [0.717, 1.165) is 35.3 Å². The molecule has 0 bridgehead atoms. The molecule has 2 aliphatic carbocycles. The quantitative estimate of drug-likeness (QED) is 0.122. The zero-order valence-electron chi connectivity index (χ0n) is 31.0. The zero-order valence-corrected chi connectivity index (χ0v) is 31.0. The number of anilines is 3. The van der Waals surface area contributed by atoms with E-state index in [1.807, 2.05) is 42.5 Å². The fourth-order valence-corrected chi connectivity index (χ4v) is 8.05. The number of pyridine rings is 1. The summed E-state index contributed by atoms with van der Waals surface area (Å²) in [6, 6.07) is 10.9. The summed E-state index contributed by atoms with van der Waals surface area (Å²) in [5.74, 6) is -0.458. The molecule has 0 saturated carbocycles. The Morgan fingerprint density at radius 2 is 1.79 bits per heavy atom. The van der Waals surface area contributed by atoms with Crippen LogP contribution in [0.5, 0.6) is 0 Å². The number of benzene rings is 1. The standard InChI is InChI=1S/C40H42N10O6/c1-3-17-49-39(56)28-22-41-40(45-36(28)50(49)33-15-8-24-7-14-32(52)35(24)43-33)42-25-9-11-26(12-10-25)47-18-20-48(21-19-47)30-6-4-5-27(29(30)23-51)38(55)46(2)31-13-16-34(53)44-37(31)54/h3,6,8-12,15,22-23,31-32,52H,1,4-5,7,13-14,16-21H2,2H3,(H,41,42,45)(H,44,53,54). The molecule has 4 aromatic rings. The van der Waals surface area contributed by atoms with Gasteiger partial charge < -0.3 is 25.1 Å². The van der Waals surface area contributed by atoms with Gasteiger partial charge in [-0.3, -0.25) is 29.3 Å². The predicted molar refractivity (Wildman–Crippen MR) is 207 cm³/mol. The molecule has 16 heteroatoms. The molecule has 4 aliphatic rings. The smallest absolute Gasteiger partial charge is 0.278 e.